The molecule has 0 radical (unpaired) electrons. The lowest BCUT2D eigenvalue weighted by Crippen LogP contribution is -2.40. The van der Waals surface area contributed by atoms with Crippen LogP contribution in [0.3, 0.4) is 0 Å². The molecule has 0 saturated carbocycles. The van der Waals surface area contributed by atoms with Crippen molar-refractivity contribution in [1.29, 1.82) is 0 Å². The lowest BCUT2D eigenvalue weighted by Gasteiger charge is -2.20. The average Bonchev–Trinajstić information content (AvgIpc) is 3.25. The van der Waals surface area contributed by atoms with E-state index in [1.807, 2.05) is 38.1 Å². The number of fused-ring (bicyclic) bond motifs is 2. The van der Waals surface area contributed by atoms with Gasteiger partial charge in [-0.2, -0.15) is 0 Å². The zero-order valence-electron chi connectivity index (χ0n) is 16.0. The van der Waals surface area contributed by atoms with E-state index in [4.69, 9.17) is 4.42 Å². The van der Waals surface area contributed by atoms with Gasteiger partial charge in [-0.25, -0.2) is 0 Å². The number of benzene rings is 1. The first kappa shape index (κ1) is 18.3. The molecule has 1 aromatic carbocycles. The second kappa shape index (κ2) is 6.82. The van der Waals surface area contributed by atoms with Gasteiger partial charge in [-0.05, 0) is 23.5 Å². The van der Waals surface area contributed by atoms with Crippen molar-refractivity contribution >= 4 is 23.4 Å². The van der Waals surface area contributed by atoms with Crippen molar-refractivity contribution < 1.29 is 18.8 Å². The van der Waals surface area contributed by atoms with E-state index in [2.05, 4.69) is 10.6 Å². The topological polar surface area (TPSA) is 91.7 Å². The lowest BCUT2D eigenvalue weighted by atomic mass is 9.88. The zero-order chi connectivity index (χ0) is 19.9. The molecule has 7 nitrogen and oxygen atoms in total. The third-order valence-corrected chi connectivity index (χ3v) is 5.29. The summed E-state index contributed by atoms with van der Waals surface area (Å²) >= 11 is 0. The molecular weight excluding hydrogens is 358 g/mol. The van der Waals surface area contributed by atoms with Gasteiger partial charge in [0, 0.05) is 25.2 Å². The quantitative estimate of drug-likeness (QED) is 0.850. The van der Waals surface area contributed by atoms with Gasteiger partial charge in [0.15, 0.2) is 0 Å². The standard InChI is InChI=1S/C21H23N3O4/c1-21(2)9-16-18(20(27)23-12-21)14(11-28-16)19(26)22-10-17(25)24-8-7-13-5-3-4-6-15(13)24/h3-6,11H,7-10,12H2,1-2H3,(H,22,26)(H,23,27). The van der Waals surface area contributed by atoms with Crippen LogP contribution in [0, 0.1) is 5.41 Å². The Morgan fingerprint density at radius 1 is 1.29 bits per heavy atom. The molecule has 0 bridgehead atoms. The first-order valence-electron chi connectivity index (χ1n) is 9.41. The van der Waals surface area contributed by atoms with Crippen molar-refractivity contribution in [2.45, 2.75) is 26.7 Å². The van der Waals surface area contributed by atoms with Crippen molar-refractivity contribution in [3.8, 4) is 0 Å². The Balaban J connectivity index is 1.46. The lowest BCUT2D eigenvalue weighted by molar-refractivity contribution is -0.117. The fourth-order valence-corrected chi connectivity index (χ4v) is 3.79. The Hall–Kier alpha value is -3.09. The second-order valence-electron chi connectivity index (χ2n) is 8.08. The number of nitrogens with one attached hydrogen (secondary N) is 2. The summed E-state index contributed by atoms with van der Waals surface area (Å²) in [5.41, 5.74) is 2.29. The van der Waals surface area contributed by atoms with Gasteiger partial charge in [-0.1, -0.05) is 32.0 Å². The average molecular weight is 381 g/mol. The molecule has 1 aromatic heterocycles. The van der Waals surface area contributed by atoms with Crippen LogP contribution >= 0.6 is 0 Å². The van der Waals surface area contributed by atoms with Gasteiger partial charge in [0.05, 0.1) is 17.7 Å². The van der Waals surface area contributed by atoms with Gasteiger partial charge >= 0.3 is 0 Å². The van der Waals surface area contributed by atoms with Gasteiger partial charge in [-0.3, -0.25) is 14.4 Å². The molecule has 3 heterocycles. The van der Waals surface area contributed by atoms with Gasteiger partial charge in [0.2, 0.25) is 5.91 Å². The number of nitrogens with zero attached hydrogens (tertiary/aromatic N) is 1. The number of rotatable bonds is 3. The molecule has 146 valence electrons. The van der Waals surface area contributed by atoms with E-state index in [-0.39, 0.29) is 34.9 Å². The predicted octanol–water partition coefficient (Wildman–Crippen LogP) is 1.91. The van der Waals surface area contributed by atoms with Crippen LogP contribution in [-0.4, -0.2) is 37.4 Å². The van der Waals surface area contributed by atoms with Crippen LogP contribution in [-0.2, 0) is 17.6 Å². The van der Waals surface area contributed by atoms with Crippen LogP contribution in [0.5, 0.6) is 0 Å². The largest absolute Gasteiger partial charge is 0.468 e. The van der Waals surface area contributed by atoms with Crippen LogP contribution in [0.4, 0.5) is 5.69 Å². The fourth-order valence-electron chi connectivity index (χ4n) is 3.79. The first-order chi connectivity index (χ1) is 13.4. The molecule has 2 aliphatic heterocycles. The Bertz CT molecular complexity index is 960. The molecular formula is C21H23N3O4. The summed E-state index contributed by atoms with van der Waals surface area (Å²) in [4.78, 5) is 39.3. The smallest absolute Gasteiger partial charge is 0.255 e. The Kier molecular flexibility index (Phi) is 4.45. The molecule has 7 heteroatoms. The van der Waals surface area contributed by atoms with Crippen molar-refractivity contribution in [3.63, 3.8) is 0 Å². The fraction of sp³-hybridized carbons (Fsp3) is 0.381. The Morgan fingerprint density at radius 3 is 2.89 bits per heavy atom. The maximum absolute atomic E-state index is 12.6. The molecule has 0 aliphatic carbocycles. The van der Waals surface area contributed by atoms with E-state index < -0.39 is 5.91 Å². The van der Waals surface area contributed by atoms with E-state index >= 15 is 0 Å². The predicted molar refractivity (Wildman–Crippen MR) is 103 cm³/mol. The highest BCUT2D eigenvalue weighted by Crippen LogP contribution is 2.30. The number of hydrogen-bond donors (Lipinski definition) is 2. The minimum atomic E-state index is -0.485. The van der Waals surface area contributed by atoms with E-state index in [0.29, 0.717) is 25.3 Å². The summed E-state index contributed by atoms with van der Waals surface area (Å²) < 4.78 is 5.53. The second-order valence-corrected chi connectivity index (χ2v) is 8.08. The Labute approximate surface area is 163 Å². The van der Waals surface area contributed by atoms with Crippen molar-refractivity contribution in [2.24, 2.45) is 5.41 Å². The van der Waals surface area contributed by atoms with E-state index in [0.717, 1.165) is 17.7 Å². The number of hydrogen-bond acceptors (Lipinski definition) is 4. The number of anilines is 1. The number of carbonyl (C=O) groups excluding carboxylic acids is 3. The Morgan fingerprint density at radius 2 is 2.07 bits per heavy atom. The van der Waals surface area contributed by atoms with Crippen molar-refractivity contribution in [1.82, 2.24) is 10.6 Å². The third-order valence-electron chi connectivity index (χ3n) is 5.29. The molecule has 2 N–H and O–H groups in total. The SMILES string of the molecule is CC1(C)CNC(=O)c2c(C(=O)NCC(=O)N3CCc4ccccc43)coc2C1. The molecule has 28 heavy (non-hydrogen) atoms. The van der Waals surface area contributed by atoms with Crippen LogP contribution < -0.4 is 15.5 Å². The summed E-state index contributed by atoms with van der Waals surface area (Å²) in [6, 6.07) is 7.75. The first-order valence-corrected chi connectivity index (χ1v) is 9.41. The summed E-state index contributed by atoms with van der Waals surface area (Å²) in [6.07, 6.45) is 2.66. The number of furan rings is 1. The zero-order valence-corrected chi connectivity index (χ0v) is 16.0. The van der Waals surface area contributed by atoms with E-state index in [1.165, 1.54) is 6.26 Å². The molecule has 0 atom stereocenters. The minimum Gasteiger partial charge on any atom is -0.468 e. The molecule has 3 amide bonds. The van der Waals surface area contributed by atoms with Crippen molar-refractivity contribution in [2.75, 3.05) is 24.5 Å². The van der Waals surface area contributed by atoms with Gasteiger partial charge in [0.25, 0.3) is 11.8 Å². The van der Waals surface area contributed by atoms with Crippen molar-refractivity contribution in [3.05, 3.63) is 53.0 Å². The van der Waals surface area contributed by atoms with Crippen LogP contribution in [0.15, 0.2) is 34.9 Å². The maximum Gasteiger partial charge on any atom is 0.255 e. The van der Waals surface area contributed by atoms with E-state index in [1.54, 1.807) is 4.90 Å². The van der Waals surface area contributed by atoms with Gasteiger partial charge < -0.3 is 20.0 Å². The monoisotopic (exact) mass is 381 g/mol. The summed E-state index contributed by atoms with van der Waals surface area (Å²) in [7, 11) is 0. The van der Waals surface area contributed by atoms with Crippen LogP contribution in [0.1, 0.15) is 45.9 Å². The highest BCUT2D eigenvalue weighted by Gasteiger charge is 2.33. The molecule has 0 fully saturated rings. The number of amides is 3. The molecule has 2 aromatic rings. The van der Waals surface area contributed by atoms with E-state index in [9.17, 15) is 14.4 Å². The van der Waals surface area contributed by atoms with Gasteiger partial charge in [-0.15, -0.1) is 0 Å². The van der Waals surface area contributed by atoms with Crippen LogP contribution in [0.2, 0.25) is 0 Å². The molecule has 0 unspecified atom stereocenters. The summed E-state index contributed by atoms with van der Waals surface area (Å²) in [6.45, 7) is 5.02. The molecule has 0 saturated heterocycles. The molecule has 4 rings (SSSR count). The summed E-state index contributed by atoms with van der Waals surface area (Å²) in [5, 5.41) is 5.47. The van der Waals surface area contributed by atoms with Crippen LogP contribution in [0.25, 0.3) is 0 Å². The number of para-hydroxylation sites is 1. The maximum atomic E-state index is 12.6. The normalized spacial score (nSPS) is 17.4. The summed E-state index contributed by atoms with van der Waals surface area (Å²) in [5.74, 6) is -0.483. The highest BCUT2D eigenvalue weighted by molar-refractivity contribution is 6.09. The number of carbonyl (C=O) groups is 3. The third kappa shape index (κ3) is 3.28. The molecule has 2 aliphatic rings. The molecule has 0 spiro atoms. The minimum absolute atomic E-state index is 0.139. The van der Waals surface area contributed by atoms with Gasteiger partial charge in [0.1, 0.15) is 12.0 Å². The highest BCUT2D eigenvalue weighted by atomic mass is 16.3.